The molecule has 1 aliphatic heterocycles. The normalized spacial score (nSPS) is 18.1. The predicted molar refractivity (Wildman–Crippen MR) is 94.4 cm³/mol. The zero-order valence-corrected chi connectivity index (χ0v) is 16.7. The number of epoxide rings is 1. The Balaban J connectivity index is 2.05. The summed E-state index contributed by atoms with van der Waals surface area (Å²) < 4.78 is 28.3. The lowest BCUT2D eigenvalue weighted by Gasteiger charge is -2.30. The third-order valence-corrected chi connectivity index (χ3v) is 5.24. The molecule has 0 radical (unpaired) electrons. The Morgan fingerprint density at radius 2 is 1.65 bits per heavy atom. The Morgan fingerprint density at radius 1 is 1.00 bits per heavy atom. The Labute approximate surface area is 144 Å². The molecule has 1 rings (SSSR count). The van der Waals surface area contributed by atoms with Crippen molar-refractivity contribution in [3.8, 4) is 0 Å². The maximum atomic E-state index is 6.01. The molecule has 0 aliphatic carbocycles. The minimum atomic E-state index is -0.837. The van der Waals surface area contributed by atoms with Crippen LogP contribution in [0.5, 0.6) is 0 Å². The second-order valence-electron chi connectivity index (χ2n) is 6.21. The van der Waals surface area contributed by atoms with Gasteiger partial charge in [-0.15, -0.1) is 0 Å². The summed E-state index contributed by atoms with van der Waals surface area (Å²) >= 11 is 0. The van der Waals surface area contributed by atoms with Gasteiger partial charge in [-0.25, -0.2) is 0 Å². The minimum absolute atomic E-state index is 0.369. The lowest BCUT2D eigenvalue weighted by molar-refractivity contribution is -0.334. The van der Waals surface area contributed by atoms with Gasteiger partial charge in [-0.2, -0.15) is 0 Å². The molecule has 0 aromatic carbocycles. The van der Waals surface area contributed by atoms with E-state index >= 15 is 0 Å². The van der Waals surface area contributed by atoms with Gasteiger partial charge in [0.25, 0.3) is 5.97 Å². The smallest absolute Gasteiger partial charge is 0.269 e. The van der Waals surface area contributed by atoms with Crippen LogP contribution in [0.4, 0.5) is 0 Å². The fourth-order valence-corrected chi connectivity index (χ4v) is 3.29. The Bertz CT molecular complexity index is 264. The molecule has 0 amide bonds. The van der Waals surface area contributed by atoms with Gasteiger partial charge < -0.3 is 23.4 Å². The van der Waals surface area contributed by atoms with Gasteiger partial charge in [0, 0.05) is 13.5 Å². The molecular formula is C17H36O5Si. The van der Waals surface area contributed by atoms with Crippen LogP contribution >= 0.6 is 0 Å². The zero-order chi connectivity index (χ0) is 16.8. The monoisotopic (exact) mass is 348 g/mol. The molecule has 1 saturated heterocycles. The molecule has 0 aromatic rings. The fourth-order valence-electron chi connectivity index (χ4n) is 2.05. The maximum absolute atomic E-state index is 6.01. The number of hydrogen-bond donors (Lipinski definition) is 0. The van der Waals surface area contributed by atoms with Crippen molar-refractivity contribution in [2.75, 3.05) is 33.0 Å². The second-order valence-corrected chi connectivity index (χ2v) is 7.61. The van der Waals surface area contributed by atoms with Crippen molar-refractivity contribution in [3.05, 3.63) is 0 Å². The molecule has 1 unspecified atom stereocenters. The van der Waals surface area contributed by atoms with Crippen molar-refractivity contribution in [2.45, 2.75) is 77.4 Å². The molecule has 5 nitrogen and oxygen atoms in total. The first-order valence-corrected chi connectivity index (χ1v) is 10.9. The zero-order valence-electron chi connectivity index (χ0n) is 15.3. The first-order valence-electron chi connectivity index (χ1n) is 9.31. The van der Waals surface area contributed by atoms with Gasteiger partial charge in [0.15, 0.2) is 9.76 Å². The highest BCUT2D eigenvalue weighted by atomic mass is 28.2. The van der Waals surface area contributed by atoms with Gasteiger partial charge in [0.05, 0.1) is 26.4 Å². The van der Waals surface area contributed by atoms with Crippen molar-refractivity contribution >= 4 is 9.76 Å². The van der Waals surface area contributed by atoms with Crippen molar-refractivity contribution in [2.24, 2.45) is 0 Å². The van der Waals surface area contributed by atoms with Gasteiger partial charge in [0.1, 0.15) is 6.10 Å². The molecule has 1 aliphatic rings. The molecule has 1 heterocycles. The molecule has 1 fully saturated rings. The van der Waals surface area contributed by atoms with Crippen molar-refractivity contribution in [1.29, 1.82) is 0 Å². The number of unbranched alkanes of at least 4 members (excludes halogenated alkanes) is 3. The van der Waals surface area contributed by atoms with Crippen LogP contribution < -0.4 is 0 Å². The van der Waals surface area contributed by atoms with Gasteiger partial charge in [0.2, 0.25) is 0 Å². The van der Waals surface area contributed by atoms with E-state index < -0.39 is 15.7 Å². The summed E-state index contributed by atoms with van der Waals surface area (Å²) in [5.41, 5.74) is 0. The Hall–Kier alpha value is 0.0169. The SMILES string of the molecule is CCCCOC(C)(OCCCC)O[SiH2]CCCCOCC1CO1. The standard InChI is InChI=1S/C17H36O5Si/c1-4-6-11-20-17(3,21-12-7-5-2)22-23-13-9-8-10-18-14-16-15-19-16/h16H,4-15,23H2,1-3H3. The lowest BCUT2D eigenvalue weighted by atomic mass is 10.3. The molecule has 1 atom stereocenters. The number of rotatable bonds is 17. The summed E-state index contributed by atoms with van der Waals surface area (Å²) in [6, 6.07) is 1.13. The van der Waals surface area contributed by atoms with Crippen LogP contribution in [0.1, 0.15) is 59.3 Å². The summed E-state index contributed by atoms with van der Waals surface area (Å²) in [6.07, 6.45) is 6.93. The molecular weight excluding hydrogens is 312 g/mol. The average molecular weight is 349 g/mol. The van der Waals surface area contributed by atoms with Gasteiger partial charge in [-0.1, -0.05) is 33.1 Å². The molecule has 0 aromatic heterocycles. The number of ether oxygens (including phenoxy) is 4. The molecule has 23 heavy (non-hydrogen) atoms. The highest BCUT2D eigenvalue weighted by molar-refractivity contribution is 6.27. The van der Waals surface area contributed by atoms with Crippen LogP contribution in [-0.4, -0.2) is 54.9 Å². The largest absolute Gasteiger partial charge is 0.379 e. The van der Waals surface area contributed by atoms with Crippen LogP contribution in [0.2, 0.25) is 6.04 Å². The van der Waals surface area contributed by atoms with Crippen molar-refractivity contribution < 1.29 is 23.4 Å². The quantitative estimate of drug-likeness (QED) is 0.175. The van der Waals surface area contributed by atoms with Crippen LogP contribution in [0.3, 0.4) is 0 Å². The average Bonchev–Trinajstić information content (AvgIpc) is 3.35. The third kappa shape index (κ3) is 12.1. The van der Waals surface area contributed by atoms with Crippen LogP contribution in [0.15, 0.2) is 0 Å². The Kier molecular flexibility index (Phi) is 12.2. The molecule has 0 spiro atoms. The van der Waals surface area contributed by atoms with E-state index in [4.69, 9.17) is 23.4 Å². The van der Waals surface area contributed by atoms with Crippen LogP contribution in [-0.2, 0) is 23.4 Å². The molecule has 0 N–H and O–H groups in total. The summed E-state index contributed by atoms with van der Waals surface area (Å²) in [4.78, 5) is 0. The molecule has 138 valence electrons. The molecule has 0 saturated carbocycles. The summed E-state index contributed by atoms with van der Waals surface area (Å²) in [7, 11) is -0.629. The summed E-state index contributed by atoms with van der Waals surface area (Å²) in [6.45, 7) is 10.1. The highest BCUT2D eigenvalue weighted by Crippen LogP contribution is 2.17. The van der Waals surface area contributed by atoms with E-state index in [2.05, 4.69) is 13.8 Å². The molecule has 0 bridgehead atoms. The van der Waals surface area contributed by atoms with Crippen molar-refractivity contribution in [3.63, 3.8) is 0 Å². The first-order chi connectivity index (χ1) is 11.2. The highest BCUT2D eigenvalue weighted by Gasteiger charge is 2.26. The minimum Gasteiger partial charge on any atom is -0.379 e. The van der Waals surface area contributed by atoms with Gasteiger partial charge in [-0.05, 0) is 25.3 Å². The fraction of sp³-hybridized carbons (Fsp3) is 1.00. The van der Waals surface area contributed by atoms with Gasteiger partial charge in [-0.3, -0.25) is 0 Å². The second kappa shape index (κ2) is 13.3. The topological polar surface area (TPSA) is 49.5 Å². The Morgan fingerprint density at radius 3 is 2.22 bits per heavy atom. The van der Waals surface area contributed by atoms with E-state index in [0.29, 0.717) is 19.3 Å². The third-order valence-electron chi connectivity index (χ3n) is 3.73. The van der Waals surface area contributed by atoms with E-state index in [-0.39, 0.29) is 0 Å². The van der Waals surface area contributed by atoms with E-state index in [0.717, 1.165) is 64.4 Å². The number of hydrogen-bond acceptors (Lipinski definition) is 5. The van der Waals surface area contributed by atoms with Gasteiger partial charge >= 0.3 is 0 Å². The van der Waals surface area contributed by atoms with E-state index in [1.54, 1.807) is 0 Å². The maximum Gasteiger partial charge on any atom is 0.269 e. The van der Waals surface area contributed by atoms with E-state index in [1.807, 2.05) is 6.92 Å². The van der Waals surface area contributed by atoms with Crippen LogP contribution in [0.25, 0.3) is 0 Å². The van der Waals surface area contributed by atoms with E-state index in [9.17, 15) is 0 Å². The first kappa shape index (κ1) is 21.1. The summed E-state index contributed by atoms with van der Waals surface area (Å²) in [5, 5.41) is 0. The summed E-state index contributed by atoms with van der Waals surface area (Å²) in [5.74, 6) is -0.837. The molecule has 6 heteroatoms. The predicted octanol–water partition coefficient (Wildman–Crippen LogP) is 3.01. The van der Waals surface area contributed by atoms with Crippen LogP contribution in [0, 0.1) is 0 Å². The van der Waals surface area contributed by atoms with E-state index in [1.165, 1.54) is 0 Å². The van der Waals surface area contributed by atoms with Crippen molar-refractivity contribution in [1.82, 2.24) is 0 Å². The lowest BCUT2D eigenvalue weighted by Crippen LogP contribution is -2.37.